The first-order valence-corrected chi connectivity index (χ1v) is 9.10. The Balaban J connectivity index is 1.75. The van der Waals surface area contributed by atoms with Gasteiger partial charge in [0.1, 0.15) is 5.75 Å². The molecule has 3 N–H and O–H groups in total. The summed E-state index contributed by atoms with van der Waals surface area (Å²) in [6.07, 6.45) is 3.43. The van der Waals surface area contributed by atoms with Crippen molar-refractivity contribution in [1.82, 2.24) is 4.90 Å². The van der Waals surface area contributed by atoms with Gasteiger partial charge in [-0.1, -0.05) is 6.58 Å². The Kier molecular flexibility index (Phi) is 6.00. The van der Waals surface area contributed by atoms with Crippen molar-refractivity contribution in [3.8, 4) is 5.75 Å². The molecule has 0 saturated carbocycles. The first kappa shape index (κ1) is 18.5. The van der Waals surface area contributed by atoms with Crippen molar-refractivity contribution in [3.63, 3.8) is 0 Å². The monoisotopic (exact) mass is 360 g/mol. The lowest BCUT2D eigenvalue weighted by atomic mass is 10.0. The molecular weight excluding hydrogens is 332 g/mol. The zero-order valence-corrected chi connectivity index (χ0v) is 15.4. The van der Waals surface area contributed by atoms with Gasteiger partial charge in [0.25, 0.3) is 0 Å². The molecule has 0 unspecified atom stereocenters. The Morgan fingerprint density at radius 2 is 2.00 bits per heavy atom. The second kappa shape index (κ2) is 8.42. The number of carbonyl (C=O) groups is 1. The number of methoxy groups -OCH3 is 1. The zero-order valence-electron chi connectivity index (χ0n) is 15.4. The van der Waals surface area contributed by atoms with Crippen LogP contribution in [0.3, 0.4) is 0 Å². The summed E-state index contributed by atoms with van der Waals surface area (Å²) in [5, 5.41) is 2.86. The number of nitrogen functional groups attached to an aromatic ring is 1. The first-order chi connectivity index (χ1) is 12.6. The van der Waals surface area contributed by atoms with Gasteiger partial charge in [-0.2, -0.15) is 0 Å². The summed E-state index contributed by atoms with van der Waals surface area (Å²) in [5.74, 6) is 0.367. The van der Waals surface area contributed by atoms with Gasteiger partial charge in [0.2, 0.25) is 5.91 Å². The molecular formula is C19H28N4O3. The van der Waals surface area contributed by atoms with E-state index in [0.29, 0.717) is 23.2 Å². The SMILES string of the molecule is C=CC(=O)Nc1cc(N)c(OC)cc1N1CCC(N2CCOCC2)CC1. The molecule has 2 aliphatic rings. The molecule has 0 bridgehead atoms. The molecule has 7 heteroatoms. The molecule has 0 atom stereocenters. The van der Waals surface area contributed by atoms with Crippen molar-refractivity contribution in [2.45, 2.75) is 18.9 Å². The summed E-state index contributed by atoms with van der Waals surface area (Å²) in [4.78, 5) is 16.6. The topological polar surface area (TPSA) is 80.1 Å². The highest BCUT2D eigenvalue weighted by molar-refractivity contribution is 6.02. The maximum Gasteiger partial charge on any atom is 0.247 e. The van der Waals surface area contributed by atoms with Crippen molar-refractivity contribution in [1.29, 1.82) is 0 Å². The van der Waals surface area contributed by atoms with E-state index in [-0.39, 0.29) is 5.91 Å². The fourth-order valence-corrected chi connectivity index (χ4v) is 3.72. The average Bonchev–Trinajstić information content (AvgIpc) is 2.69. The summed E-state index contributed by atoms with van der Waals surface area (Å²) in [5.41, 5.74) is 8.16. The highest BCUT2D eigenvalue weighted by atomic mass is 16.5. The van der Waals surface area contributed by atoms with Gasteiger partial charge in [0.05, 0.1) is 37.4 Å². The van der Waals surface area contributed by atoms with Gasteiger partial charge in [0.15, 0.2) is 0 Å². The number of hydrogen-bond acceptors (Lipinski definition) is 6. The predicted molar refractivity (Wildman–Crippen MR) is 104 cm³/mol. The third-order valence-corrected chi connectivity index (χ3v) is 5.16. The smallest absolute Gasteiger partial charge is 0.247 e. The molecule has 2 saturated heterocycles. The van der Waals surface area contributed by atoms with Crippen LogP contribution in [0.4, 0.5) is 17.1 Å². The average molecular weight is 360 g/mol. The van der Waals surface area contributed by atoms with Crippen LogP contribution in [-0.4, -0.2) is 63.4 Å². The van der Waals surface area contributed by atoms with Gasteiger partial charge in [-0.05, 0) is 25.0 Å². The molecule has 0 aromatic heterocycles. The number of morpholine rings is 1. The predicted octanol–water partition coefficient (Wildman–Crippen LogP) is 1.70. The molecule has 142 valence electrons. The van der Waals surface area contributed by atoms with E-state index >= 15 is 0 Å². The molecule has 7 nitrogen and oxygen atoms in total. The number of nitrogens with one attached hydrogen (secondary N) is 1. The maximum absolute atomic E-state index is 11.8. The van der Waals surface area contributed by atoms with Crippen molar-refractivity contribution >= 4 is 23.0 Å². The van der Waals surface area contributed by atoms with E-state index in [0.717, 1.165) is 57.9 Å². The van der Waals surface area contributed by atoms with Gasteiger partial charge in [-0.25, -0.2) is 0 Å². The number of nitrogens with zero attached hydrogens (tertiary/aromatic N) is 2. The van der Waals surface area contributed by atoms with E-state index < -0.39 is 0 Å². The third-order valence-electron chi connectivity index (χ3n) is 5.16. The minimum atomic E-state index is -0.251. The van der Waals surface area contributed by atoms with Gasteiger partial charge < -0.3 is 25.4 Å². The Morgan fingerprint density at radius 1 is 1.31 bits per heavy atom. The molecule has 0 spiro atoms. The highest BCUT2D eigenvalue weighted by Crippen LogP contribution is 2.37. The Labute approximate surface area is 154 Å². The van der Waals surface area contributed by atoms with Crippen LogP contribution >= 0.6 is 0 Å². The molecule has 2 fully saturated rings. The van der Waals surface area contributed by atoms with Crippen LogP contribution < -0.4 is 20.7 Å². The van der Waals surface area contributed by atoms with E-state index in [1.165, 1.54) is 6.08 Å². The second-order valence-electron chi connectivity index (χ2n) is 6.67. The lowest BCUT2D eigenvalue weighted by Crippen LogP contribution is -2.49. The molecule has 2 heterocycles. The normalized spacial score (nSPS) is 19.2. The largest absolute Gasteiger partial charge is 0.495 e. The molecule has 1 amide bonds. The van der Waals surface area contributed by atoms with Crippen LogP contribution in [0.1, 0.15) is 12.8 Å². The Hall–Kier alpha value is -2.25. The minimum Gasteiger partial charge on any atom is -0.495 e. The lowest BCUT2D eigenvalue weighted by Gasteiger charge is -2.41. The summed E-state index contributed by atoms with van der Waals surface area (Å²) < 4.78 is 10.8. The Bertz CT molecular complexity index is 650. The fourth-order valence-electron chi connectivity index (χ4n) is 3.72. The summed E-state index contributed by atoms with van der Waals surface area (Å²) in [6, 6.07) is 4.25. The number of piperidine rings is 1. The first-order valence-electron chi connectivity index (χ1n) is 9.10. The van der Waals surface area contributed by atoms with Crippen LogP contribution in [0.2, 0.25) is 0 Å². The van der Waals surface area contributed by atoms with Crippen LogP contribution in [0.15, 0.2) is 24.8 Å². The number of hydrogen-bond donors (Lipinski definition) is 2. The fraction of sp³-hybridized carbons (Fsp3) is 0.526. The second-order valence-corrected chi connectivity index (χ2v) is 6.67. The van der Waals surface area contributed by atoms with Crippen LogP contribution in [-0.2, 0) is 9.53 Å². The molecule has 1 aromatic rings. The number of ether oxygens (including phenoxy) is 2. The van der Waals surface area contributed by atoms with E-state index in [1.807, 2.05) is 6.07 Å². The van der Waals surface area contributed by atoms with Crippen molar-refractivity contribution < 1.29 is 14.3 Å². The van der Waals surface area contributed by atoms with E-state index in [9.17, 15) is 4.79 Å². The molecule has 2 aliphatic heterocycles. The summed E-state index contributed by atoms with van der Waals surface area (Å²) in [6.45, 7) is 9.05. The minimum absolute atomic E-state index is 0.251. The standard InChI is InChI=1S/C19H28N4O3/c1-3-19(24)21-16-12-15(20)18(25-2)13-17(16)23-6-4-14(5-7-23)22-8-10-26-11-9-22/h3,12-14H,1,4-11,20H2,2H3,(H,21,24). The summed E-state index contributed by atoms with van der Waals surface area (Å²) >= 11 is 0. The number of benzene rings is 1. The number of rotatable bonds is 5. The van der Waals surface area contributed by atoms with E-state index in [4.69, 9.17) is 15.2 Å². The van der Waals surface area contributed by atoms with E-state index in [2.05, 4.69) is 21.7 Å². The highest BCUT2D eigenvalue weighted by Gasteiger charge is 2.27. The molecule has 26 heavy (non-hydrogen) atoms. The van der Waals surface area contributed by atoms with Gasteiger partial charge in [-0.15, -0.1) is 0 Å². The molecule has 1 aromatic carbocycles. The Morgan fingerprint density at radius 3 is 2.62 bits per heavy atom. The zero-order chi connectivity index (χ0) is 18.5. The number of amides is 1. The van der Waals surface area contributed by atoms with Crippen LogP contribution in [0.25, 0.3) is 0 Å². The quantitative estimate of drug-likeness (QED) is 0.615. The lowest BCUT2D eigenvalue weighted by molar-refractivity contribution is -0.111. The van der Waals surface area contributed by atoms with Crippen molar-refractivity contribution in [2.24, 2.45) is 0 Å². The van der Waals surface area contributed by atoms with Gasteiger partial charge >= 0.3 is 0 Å². The number of carbonyl (C=O) groups excluding carboxylic acids is 1. The van der Waals surface area contributed by atoms with Gasteiger partial charge in [-0.3, -0.25) is 9.69 Å². The van der Waals surface area contributed by atoms with Crippen LogP contribution in [0, 0.1) is 0 Å². The number of nitrogens with two attached hydrogens (primary N) is 1. The van der Waals surface area contributed by atoms with Crippen molar-refractivity contribution in [2.75, 3.05) is 62.5 Å². The molecule has 0 aliphatic carbocycles. The molecule has 3 rings (SSSR count). The maximum atomic E-state index is 11.8. The molecule has 0 radical (unpaired) electrons. The van der Waals surface area contributed by atoms with Crippen molar-refractivity contribution in [3.05, 3.63) is 24.8 Å². The van der Waals surface area contributed by atoms with Crippen LogP contribution in [0.5, 0.6) is 5.75 Å². The third kappa shape index (κ3) is 4.11. The summed E-state index contributed by atoms with van der Waals surface area (Å²) in [7, 11) is 1.60. The van der Waals surface area contributed by atoms with E-state index in [1.54, 1.807) is 13.2 Å². The van der Waals surface area contributed by atoms with Gasteiger partial charge in [0, 0.05) is 38.3 Å². The number of anilines is 3.